The highest BCUT2D eigenvalue weighted by Gasteiger charge is 2.37. The molecule has 8 heteroatoms. The number of nitrogens with one attached hydrogen (secondary N) is 4. The first-order chi connectivity index (χ1) is 12.1. The number of anilines is 2. The molecule has 3 saturated heterocycles. The molecule has 1 aromatic rings. The third-order valence-electron chi connectivity index (χ3n) is 5.24. The number of urea groups is 1. The van der Waals surface area contributed by atoms with Gasteiger partial charge in [0.15, 0.2) is 0 Å². The van der Waals surface area contributed by atoms with Gasteiger partial charge in [0.05, 0.1) is 0 Å². The molecular formula is C17H22N6O2. The Balaban J connectivity index is 1.58. The maximum atomic E-state index is 12.0. The Morgan fingerprint density at radius 2 is 2.20 bits per heavy atom. The van der Waals surface area contributed by atoms with Crippen molar-refractivity contribution in [1.82, 2.24) is 15.5 Å². The van der Waals surface area contributed by atoms with Gasteiger partial charge in [-0.2, -0.15) is 0 Å². The number of rotatable bonds is 3. The highest BCUT2D eigenvalue weighted by Crippen LogP contribution is 2.32. The lowest BCUT2D eigenvalue weighted by atomic mass is 10.1. The lowest BCUT2D eigenvalue weighted by Crippen LogP contribution is -2.52. The molecule has 3 aliphatic heterocycles. The van der Waals surface area contributed by atoms with Gasteiger partial charge in [-0.25, -0.2) is 4.79 Å². The molecule has 2 unspecified atom stereocenters. The Hall–Kier alpha value is -2.61. The van der Waals surface area contributed by atoms with Crippen LogP contribution < -0.4 is 20.9 Å². The molecule has 2 bridgehead atoms. The van der Waals surface area contributed by atoms with Gasteiger partial charge in [0.25, 0.3) is 0 Å². The van der Waals surface area contributed by atoms with Crippen molar-refractivity contribution in [3.05, 3.63) is 23.8 Å². The van der Waals surface area contributed by atoms with E-state index in [9.17, 15) is 9.59 Å². The summed E-state index contributed by atoms with van der Waals surface area (Å²) in [5.74, 6) is -0.193. The number of nitrogens with zero attached hydrogens (tertiary/aromatic N) is 2. The van der Waals surface area contributed by atoms with Crippen molar-refractivity contribution >= 4 is 29.1 Å². The molecule has 0 spiro atoms. The first-order valence-corrected chi connectivity index (χ1v) is 8.59. The number of piperazine rings is 1. The average Bonchev–Trinajstić information content (AvgIpc) is 3.24. The summed E-state index contributed by atoms with van der Waals surface area (Å²) in [6, 6.07) is 6.49. The SMILES string of the molecule is CNc1cc(N2CC3CC2CN3)ccc1C(=N)N1CCC(=O)NC1=O. The van der Waals surface area contributed by atoms with Crippen molar-refractivity contribution in [2.75, 3.05) is 36.9 Å². The molecule has 2 atom stereocenters. The number of hydrogen-bond donors (Lipinski definition) is 4. The minimum atomic E-state index is -0.532. The molecule has 3 heterocycles. The van der Waals surface area contributed by atoms with Gasteiger partial charge in [0, 0.05) is 62.1 Å². The maximum absolute atomic E-state index is 12.0. The number of hydrogen-bond acceptors (Lipinski definition) is 6. The van der Waals surface area contributed by atoms with E-state index < -0.39 is 6.03 Å². The van der Waals surface area contributed by atoms with Gasteiger partial charge >= 0.3 is 6.03 Å². The first-order valence-electron chi connectivity index (χ1n) is 8.59. The standard InChI is InChI=1S/C17H22N6O2/c1-19-14-7-11(23-9-10-6-12(23)8-20-10)2-3-13(14)16(18)22-5-4-15(24)21-17(22)25/h2-3,7,10,12,18-20H,4-6,8-9H2,1H3,(H,21,24,25). The summed E-state index contributed by atoms with van der Waals surface area (Å²) >= 11 is 0. The molecule has 4 N–H and O–H groups in total. The van der Waals surface area contributed by atoms with Crippen LogP contribution in [0.4, 0.5) is 16.2 Å². The number of amidine groups is 1. The van der Waals surface area contributed by atoms with E-state index in [4.69, 9.17) is 5.41 Å². The van der Waals surface area contributed by atoms with Crippen LogP contribution in [0.3, 0.4) is 0 Å². The highest BCUT2D eigenvalue weighted by atomic mass is 16.2. The predicted octanol–water partition coefficient (Wildman–Crippen LogP) is 0.546. The number of imide groups is 1. The van der Waals surface area contributed by atoms with Crippen molar-refractivity contribution in [2.45, 2.75) is 24.9 Å². The van der Waals surface area contributed by atoms with Crippen LogP contribution in [0, 0.1) is 5.41 Å². The fourth-order valence-corrected chi connectivity index (χ4v) is 3.92. The normalized spacial score (nSPS) is 25.3. The van der Waals surface area contributed by atoms with Gasteiger partial charge in [-0.3, -0.25) is 20.4 Å². The molecule has 0 aliphatic carbocycles. The zero-order valence-corrected chi connectivity index (χ0v) is 14.1. The maximum Gasteiger partial charge on any atom is 0.329 e. The summed E-state index contributed by atoms with van der Waals surface area (Å²) in [7, 11) is 1.81. The van der Waals surface area contributed by atoms with Crippen LogP contribution in [0.2, 0.25) is 0 Å². The van der Waals surface area contributed by atoms with Gasteiger partial charge in [-0.1, -0.05) is 0 Å². The second-order valence-corrected chi connectivity index (χ2v) is 6.73. The van der Waals surface area contributed by atoms with Gasteiger partial charge in [0.1, 0.15) is 5.84 Å². The summed E-state index contributed by atoms with van der Waals surface area (Å²) < 4.78 is 0. The Morgan fingerprint density at radius 3 is 2.84 bits per heavy atom. The van der Waals surface area contributed by atoms with Gasteiger partial charge in [0.2, 0.25) is 5.91 Å². The summed E-state index contributed by atoms with van der Waals surface area (Å²) in [6.45, 7) is 2.25. The third-order valence-corrected chi connectivity index (χ3v) is 5.24. The molecular weight excluding hydrogens is 320 g/mol. The monoisotopic (exact) mass is 342 g/mol. The summed E-state index contributed by atoms with van der Waals surface area (Å²) in [5, 5.41) is 17.3. The second kappa shape index (κ2) is 6.03. The first kappa shape index (κ1) is 15.9. The third kappa shape index (κ3) is 2.72. The van der Waals surface area contributed by atoms with Gasteiger partial charge in [-0.15, -0.1) is 0 Å². The Bertz CT molecular complexity index is 749. The molecule has 0 aromatic heterocycles. The quantitative estimate of drug-likeness (QED) is 0.475. The number of carbonyl (C=O) groups excluding carboxylic acids is 2. The number of amides is 3. The van der Waals surface area contributed by atoms with Crippen molar-refractivity contribution in [1.29, 1.82) is 5.41 Å². The van der Waals surface area contributed by atoms with Crippen LogP contribution in [0.1, 0.15) is 18.4 Å². The topological polar surface area (TPSA) is 101 Å². The minimum Gasteiger partial charge on any atom is -0.387 e. The lowest BCUT2D eigenvalue weighted by Gasteiger charge is -2.31. The van der Waals surface area contributed by atoms with Gasteiger partial charge < -0.3 is 15.5 Å². The molecule has 0 radical (unpaired) electrons. The molecule has 3 aliphatic rings. The van der Waals surface area contributed by atoms with Crippen molar-refractivity contribution in [3.63, 3.8) is 0 Å². The molecule has 3 amide bonds. The average molecular weight is 342 g/mol. The van der Waals surface area contributed by atoms with Crippen LogP contribution in [0.15, 0.2) is 18.2 Å². The summed E-state index contributed by atoms with van der Waals surface area (Å²) in [4.78, 5) is 27.0. The summed E-state index contributed by atoms with van der Waals surface area (Å²) in [5.41, 5.74) is 2.59. The molecule has 0 saturated carbocycles. The van der Waals surface area contributed by atoms with E-state index in [0.29, 0.717) is 17.6 Å². The van der Waals surface area contributed by atoms with Crippen LogP contribution in [0.25, 0.3) is 0 Å². The van der Waals surface area contributed by atoms with E-state index in [1.165, 1.54) is 11.3 Å². The van der Waals surface area contributed by atoms with E-state index >= 15 is 0 Å². The molecule has 3 fully saturated rings. The molecule has 25 heavy (non-hydrogen) atoms. The number of fused-ring (bicyclic) bond motifs is 2. The number of carbonyl (C=O) groups is 2. The van der Waals surface area contributed by atoms with E-state index in [1.807, 2.05) is 25.2 Å². The van der Waals surface area contributed by atoms with Crippen LogP contribution >= 0.6 is 0 Å². The van der Waals surface area contributed by atoms with E-state index in [0.717, 1.165) is 24.5 Å². The van der Waals surface area contributed by atoms with E-state index in [-0.39, 0.29) is 24.7 Å². The van der Waals surface area contributed by atoms with Gasteiger partial charge in [-0.05, 0) is 24.6 Å². The molecule has 132 valence electrons. The highest BCUT2D eigenvalue weighted by molar-refractivity contribution is 6.12. The molecule has 1 aromatic carbocycles. The zero-order valence-electron chi connectivity index (χ0n) is 14.1. The van der Waals surface area contributed by atoms with Crippen LogP contribution in [-0.4, -0.2) is 61.4 Å². The van der Waals surface area contributed by atoms with Crippen molar-refractivity contribution in [2.24, 2.45) is 0 Å². The fraction of sp³-hybridized carbons (Fsp3) is 0.471. The lowest BCUT2D eigenvalue weighted by molar-refractivity contribution is -0.121. The van der Waals surface area contributed by atoms with Crippen LogP contribution in [-0.2, 0) is 4.79 Å². The fourth-order valence-electron chi connectivity index (χ4n) is 3.92. The molecule has 8 nitrogen and oxygen atoms in total. The summed E-state index contributed by atoms with van der Waals surface area (Å²) in [6.07, 6.45) is 1.39. The van der Waals surface area contributed by atoms with Crippen molar-refractivity contribution < 1.29 is 9.59 Å². The second-order valence-electron chi connectivity index (χ2n) is 6.73. The van der Waals surface area contributed by atoms with E-state index in [2.05, 4.69) is 20.9 Å². The Kier molecular flexibility index (Phi) is 3.84. The predicted molar refractivity (Wildman–Crippen MR) is 95.2 cm³/mol. The van der Waals surface area contributed by atoms with Crippen LogP contribution in [0.5, 0.6) is 0 Å². The molecule has 4 rings (SSSR count). The Labute approximate surface area is 146 Å². The largest absolute Gasteiger partial charge is 0.387 e. The Morgan fingerprint density at radius 1 is 1.36 bits per heavy atom. The smallest absolute Gasteiger partial charge is 0.329 e. The number of benzene rings is 1. The minimum absolute atomic E-state index is 0.102. The van der Waals surface area contributed by atoms with E-state index in [1.54, 1.807) is 0 Å². The van der Waals surface area contributed by atoms with Crippen molar-refractivity contribution in [3.8, 4) is 0 Å². The zero-order chi connectivity index (χ0) is 17.6.